The van der Waals surface area contributed by atoms with Crippen molar-refractivity contribution >= 4 is 34.1 Å². The van der Waals surface area contributed by atoms with E-state index in [9.17, 15) is 5.11 Å². The van der Waals surface area contributed by atoms with Gasteiger partial charge >= 0.3 is 0 Å². The molecule has 7 heteroatoms. The van der Waals surface area contributed by atoms with E-state index in [-0.39, 0.29) is 6.04 Å². The number of benzene rings is 3. The van der Waals surface area contributed by atoms with Crippen molar-refractivity contribution in [2.24, 2.45) is 0 Å². The molecule has 1 aliphatic rings. The summed E-state index contributed by atoms with van der Waals surface area (Å²) in [6.45, 7) is 4.73. The number of hydrogen-bond donors (Lipinski definition) is 2. The van der Waals surface area contributed by atoms with Gasteiger partial charge < -0.3 is 19.6 Å². The summed E-state index contributed by atoms with van der Waals surface area (Å²) in [6.07, 6.45) is 1.29. The van der Waals surface area contributed by atoms with Gasteiger partial charge in [-0.05, 0) is 72.1 Å². The Morgan fingerprint density at radius 2 is 1.74 bits per heavy atom. The summed E-state index contributed by atoms with van der Waals surface area (Å²) in [7, 11) is 0. The van der Waals surface area contributed by atoms with Gasteiger partial charge in [0.2, 0.25) is 0 Å². The van der Waals surface area contributed by atoms with Gasteiger partial charge in [0.25, 0.3) is 6.41 Å². The molecule has 0 spiro atoms. The Bertz CT molecular complexity index is 1300. The summed E-state index contributed by atoms with van der Waals surface area (Å²) in [5.74, 6) is 1.30. The zero-order valence-electron chi connectivity index (χ0n) is 18.4. The second-order valence-electron chi connectivity index (χ2n) is 8.16. The van der Waals surface area contributed by atoms with Crippen LogP contribution in [0.15, 0.2) is 79.4 Å². The van der Waals surface area contributed by atoms with Gasteiger partial charge in [-0.3, -0.25) is 0 Å². The van der Waals surface area contributed by atoms with E-state index >= 15 is 0 Å². The van der Waals surface area contributed by atoms with Gasteiger partial charge in [-0.25, -0.2) is 4.90 Å². The molecule has 0 aliphatic carbocycles. The number of aliphatic hydroxyl groups is 1. The fourth-order valence-corrected chi connectivity index (χ4v) is 4.78. The van der Waals surface area contributed by atoms with Gasteiger partial charge in [-0.2, -0.15) is 0 Å². The van der Waals surface area contributed by atoms with E-state index in [0.29, 0.717) is 28.9 Å². The van der Waals surface area contributed by atoms with Gasteiger partial charge in [0.1, 0.15) is 18.1 Å². The molecule has 0 saturated heterocycles. The maximum atomic E-state index is 11.1. The number of halogens is 2. The molecular formula is C27H24Cl2N2O3. The third kappa shape index (κ3) is 4.52. The highest BCUT2D eigenvalue weighted by Crippen LogP contribution is 2.40. The van der Waals surface area contributed by atoms with Crippen LogP contribution in [0.25, 0.3) is 10.9 Å². The largest absolute Gasteiger partial charge is 0.490 e. The number of aromatic nitrogens is 1. The minimum absolute atomic E-state index is 0.259. The fraction of sp³-hybridized carbons (Fsp3) is 0.185. The third-order valence-corrected chi connectivity index (χ3v) is 6.52. The van der Waals surface area contributed by atoms with Crippen molar-refractivity contribution in [2.45, 2.75) is 18.9 Å². The van der Waals surface area contributed by atoms with Crippen molar-refractivity contribution in [1.82, 2.24) is 9.88 Å². The number of fused-ring (bicyclic) bond motifs is 3. The van der Waals surface area contributed by atoms with Crippen molar-refractivity contribution in [3.63, 3.8) is 0 Å². The summed E-state index contributed by atoms with van der Waals surface area (Å²) >= 11 is 12.3. The van der Waals surface area contributed by atoms with Crippen LogP contribution in [-0.2, 0) is 6.42 Å². The number of H-pyrrole nitrogens is 1. The molecular weight excluding hydrogens is 471 g/mol. The van der Waals surface area contributed by atoms with Crippen molar-refractivity contribution in [1.29, 1.82) is 0 Å². The maximum absolute atomic E-state index is 11.1. The minimum atomic E-state index is -1.16. The average molecular weight is 495 g/mol. The van der Waals surface area contributed by atoms with Crippen LogP contribution in [-0.4, -0.2) is 34.6 Å². The summed E-state index contributed by atoms with van der Waals surface area (Å²) in [5.41, 5.74) is 4.23. The van der Waals surface area contributed by atoms with Gasteiger partial charge in [0, 0.05) is 33.2 Å². The van der Waals surface area contributed by atoms with Crippen LogP contribution in [0.4, 0.5) is 0 Å². The van der Waals surface area contributed by atoms with Crippen molar-refractivity contribution < 1.29 is 14.6 Å². The lowest BCUT2D eigenvalue weighted by Gasteiger charge is -2.38. The fourth-order valence-electron chi connectivity index (χ4n) is 4.48. The molecule has 0 radical (unpaired) electrons. The number of rotatable bonds is 7. The van der Waals surface area contributed by atoms with Crippen molar-refractivity contribution in [3.8, 4) is 11.5 Å². The molecule has 5 rings (SSSR count). The van der Waals surface area contributed by atoms with Gasteiger partial charge in [0.05, 0.1) is 6.04 Å². The first kappa shape index (κ1) is 22.8. The quantitative estimate of drug-likeness (QED) is 0.232. The molecule has 1 aliphatic heterocycles. The van der Waals surface area contributed by atoms with E-state index < -0.39 is 6.41 Å². The molecule has 4 aromatic rings. The summed E-state index contributed by atoms with van der Waals surface area (Å²) in [5, 5.41) is 13.6. The van der Waals surface area contributed by atoms with E-state index in [0.717, 1.165) is 34.3 Å². The van der Waals surface area contributed by atoms with E-state index in [2.05, 4.69) is 11.6 Å². The summed E-state index contributed by atoms with van der Waals surface area (Å²) in [4.78, 5) is 5.51. The predicted octanol–water partition coefficient (Wildman–Crippen LogP) is 6.34. The Labute approximate surface area is 208 Å². The Kier molecular flexibility index (Phi) is 6.53. The monoisotopic (exact) mass is 494 g/mol. The minimum Gasteiger partial charge on any atom is -0.490 e. The predicted molar refractivity (Wildman–Crippen MR) is 136 cm³/mol. The normalized spacial score (nSPS) is 16.7. The molecule has 0 fully saturated rings. The number of aliphatic hydroxyl groups excluding tert-OH is 1. The first-order valence-electron chi connectivity index (χ1n) is 11.0. The standard InChI is InChI=1S/C27H24Cl2N2O3/c1-2-15-33-20-8-3-17(4-9-20)26-25-22(23-16-19(29)7-12-24(23)30-25)13-14-31(26)27(32)34-21-10-5-18(28)6-11-21/h2-12,16,26-27,30,32H,1,13-15H2/t26-,27?/m1/s1. The molecule has 2 N–H and O–H groups in total. The van der Waals surface area contributed by atoms with Crippen LogP contribution in [0.1, 0.15) is 22.9 Å². The molecule has 1 aromatic heterocycles. The van der Waals surface area contributed by atoms with Crippen LogP contribution in [0.5, 0.6) is 11.5 Å². The lowest BCUT2D eigenvalue weighted by Crippen LogP contribution is -2.46. The Balaban J connectivity index is 1.53. The topological polar surface area (TPSA) is 57.7 Å². The van der Waals surface area contributed by atoms with Gasteiger partial charge in [0.15, 0.2) is 0 Å². The second-order valence-corrected chi connectivity index (χ2v) is 9.04. The molecule has 2 atom stereocenters. The molecule has 34 heavy (non-hydrogen) atoms. The van der Waals surface area contributed by atoms with E-state index in [1.807, 2.05) is 47.4 Å². The zero-order chi connectivity index (χ0) is 23.7. The summed E-state index contributed by atoms with van der Waals surface area (Å²) < 4.78 is 11.5. The molecule has 0 bridgehead atoms. The Hall–Kier alpha value is -2.96. The zero-order valence-corrected chi connectivity index (χ0v) is 19.9. The van der Waals surface area contributed by atoms with E-state index in [1.54, 1.807) is 30.3 Å². The number of hydrogen-bond acceptors (Lipinski definition) is 4. The summed E-state index contributed by atoms with van der Waals surface area (Å²) in [6, 6.07) is 20.4. The molecule has 174 valence electrons. The highest BCUT2D eigenvalue weighted by Gasteiger charge is 2.36. The highest BCUT2D eigenvalue weighted by molar-refractivity contribution is 6.31. The first-order chi connectivity index (χ1) is 16.5. The van der Waals surface area contributed by atoms with E-state index in [1.165, 1.54) is 5.56 Å². The number of nitrogens with zero attached hydrogens (tertiary/aromatic N) is 1. The highest BCUT2D eigenvalue weighted by atomic mass is 35.5. The smallest absolute Gasteiger partial charge is 0.260 e. The van der Waals surface area contributed by atoms with Crippen LogP contribution in [0, 0.1) is 0 Å². The Morgan fingerprint density at radius 1 is 1.03 bits per heavy atom. The molecule has 0 amide bonds. The molecule has 2 heterocycles. The molecule has 5 nitrogen and oxygen atoms in total. The van der Waals surface area contributed by atoms with Crippen molar-refractivity contribution in [2.75, 3.05) is 13.2 Å². The van der Waals surface area contributed by atoms with Crippen LogP contribution >= 0.6 is 23.2 Å². The molecule has 0 saturated carbocycles. The van der Waals surface area contributed by atoms with Crippen LogP contribution in [0.3, 0.4) is 0 Å². The average Bonchev–Trinajstić information content (AvgIpc) is 3.21. The van der Waals surface area contributed by atoms with Crippen LogP contribution < -0.4 is 9.47 Å². The van der Waals surface area contributed by atoms with Crippen molar-refractivity contribution in [3.05, 3.63) is 106 Å². The van der Waals surface area contributed by atoms with Gasteiger partial charge in [-0.1, -0.05) is 48.0 Å². The van der Waals surface area contributed by atoms with Crippen LogP contribution in [0.2, 0.25) is 10.0 Å². The number of aromatic amines is 1. The van der Waals surface area contributed by atoms with Gasteiger partial charge in [-0.15, -0.1) is 0 Å². The lowest BCUT2D eigenvalue weighted by molar-refractivity contribution is -0.150. The maximum Gasteiger partial charge on any atom is 0.260 e. The van der Waals surface area contributed by atoms with E-state index in [4.69, 9.17) is 32.7 Å². The SMILES string of the molecule is C=CCOc1ccc([C@@H]2c3[nH]c4ccc(Cl)cc4c3CCN2C(O)Oc2ccc(Cl)cc2)cc1. The lowest BCUT2D eigenvalue weighted by atomic mass is 9.92. The first-order valence-corrected chi connectivity index (χ1v) is 11.8. The Morgan fingerprint density at radius 3 is 2.47 bits per heavy atom. The molecule has 3 aromatic carbocycles. The number of nitrogens with one attached hydrogen (secondary N) is 1. The third-order valence-electron chi connectivity index (χ3n) is 6.03. The number of ether oxygens (including phenoxy) is 2. The molecule has 1 unspecified atom stereocenters. The second kappa shape index (κ2) is 9.72.